The van der Waals surface area contributed by atoms with Crippen LogP contribution < -0.4 is 5.32 Å². The smallest absolute Gasteiger partial charge is 0.276 e. The summed E-state index contributed by atoms with van der Waals surface area (Å²) in [5.74, 6) is 0.897. The van der Waals surface area contributed by atoms with E-state index in [4.69, 9.17) is 18.7 Å². The molecule has 11 heteroatoms. The van der Waals surface area contributed by atoms with Crippen LogP contribution in [0.4, 0.5) is 5.82 Å². The number of nitrogens with one attached hydrogen (secondary N) is 1. The molecule has 0 aromatic carbocycles. The predicted molar refractivity (Wildman–Crippen MR) is 113 cm³/mol. The molecule has 0 spiro atoms. The summed E-state index contributed by atoms with van der Waals surface area (Å²) in [5, 5.41) is 9.09. The Balaban J connectivity index is 1.37. The van der Waals surface area contributed by atoms with Crippen molar-refractivity contribution in [3.05, 3.63) is 27.9 Å². The molecule has 1 aliphatic rings. The highest BCUT2D eigenvalue weighted by Gasteiger charge is 2.26. The Morgan fingerprint density at radius 2 is 1.97 bits per heavy atom. The minimum Gasteiger partial charge on any atom is -0.382 e. The third-order valence-electron chi connectivity index (χ3n) is 4.85. The van der Waals surface area contributed by atoms with E-state index in [0.717, 1.165) is 17.8 Å². The van der Waals surface area contributed by atoms with Gasteiger partial charge in [0.1, 0.15) is 18.1 Å². The van der Waals surface area contributed by atoms with E-state index in [1.165, 1.54) is 11.3 Å². The number of nitrogens with zero attached hydrogens (tertiary/aromatic N) is 3. The Hall–Kier alpha value is -2.34. The average Bonchev–Trinajstić information content (AvgIpc) is 3.42. The lowest BCUT2D eigenvalue weighted by Crippen LogP contribution is -2.40. The fourth-order valence-corrected chi connectivity index (χ4v) is 4.15. The number of hydrogen-bond acceptors (Lipinski definition) is 9. The zero-order valence-electron chi connectivity index (χ0n) is 17.8. The molecule has 0 radical (unpaired) electrons. The molecule has 0 atom stereocenters. The lowest BCUT2D eigenvalue weighted by molar-refractivity contribution is -0.137. The fourth-order valence-electron chi connectivity index (χ4n) is 3.17. The average molecular weight is 453 g/mol. The van der Waals surface area contributed by atoms with Crippen molar-refractivity contribution in [3.63, 3.8) is 0 Å². The summed E-state index contributed by atoms with van der Waals surface area (Å²) in [7, 11) is 1.62. The Morgan fingerprint density at radius 3 is 2.68 bits per heavy atom. The molecule has 2 amide bonds. The molecule has 0 saturated carbocycles. The van der Waals surface area contributed by atoms with Crippen LogP contribution in [-0.4, -0.2) is 80.1 Å². The van der Waals surface area contributed by atoms with Crippen LogP contribution in [-0.2, 0) is 19.0 Å². The number of thiazole rings is 1. The molecule has 0 unspecified atom stereocenters. The maximum absolute atomic E-state index is 12.3. The number of hydrogen-bond donors (Lipinski definition) is 1. The third kappa shape index (κ3) is 7.10. The number of amides is 2. The second-order valence-corrected chi connectivity index (χ2v) is 8.05. The van der Waals surface area contributed by atoms with E-state index in [2.05, 4.69) is 15.5 Å². The van der Waals surface area contributed by atoms with Gasteiger partial charge in [-0.25, -0.2) is 4.98 Å². The number of carbonyl (C=O) groups excluding carboxylic acids is 2. The summed E-state index contributed by atoms with van der Waals surface area (Å²) in [4.78, 5) is 30.9. The van der Waals surface area contributed by atoms with Crippen LogP contribution in [0.25, 0.3) is 0 Å². The van der Waals surface area contributed by atoms with Crippen molar-refractivity contribution in [3.8, 4) is 0 Å². The molecule has 3 heterocycles. The molecule has 2 aromatic heterocycles. The summed E-state index contributed by atoms with van der Waals surface area (Å²) < 4.78 is 20.5. The van der Waals surface area contributed by atoms with E-state index in [1.807, 2.05) is 4.90 Å². The first-order valence-corrected chi connectivity index (χ1v) is 11.1. The molecular weight excluding hydrogens is 424 g/mol. The van der Waals surface area contributed by atoms with E-state index in [9.17, 15) is 9.59 Å². The Bertz CT molecular complexity index is 846. The maximum Gasteiger partial charge on any atom is 0.276 e. The number of aromatic nitrogens is 2. The standard InChI is InChI=1S/C20H28N4O6S/c1-14-11-17(23-30-14)22-19(26)16-13-31-20(21-16)15-3-5-24(6-4-15)18(25)12-29-10-9-28-8-7-27-2/h11,13,15H,3-10,12H2,1-2H3,(H,22,23,26). The highest BCUT2D eigenvalue weighted by atomic mass is 32.1. The van der Waals surface area contributed by atoms with Crippen molar-refractivity contribution in [2.75, 3.05) is 58.6 Å². The monoisotopic (exact) mass is 452 g/mol. The van der Waals surface area contributed by atoms with Crippen LogP contribution in [0.5, 0.6) is 0 Å². The molecule has 0 bridgehead atoms. The fraction of sp³-hybridized carbons (Fsp3) is 0.600. The summed E-state index contributed by atoms with van der Waals surface area (Å²) in [6.07, 6.45) is 1.62. The number of rotatable bonds is 11. The maximum atomic E-state index is 12.3. The number of piperidine rings is 1. The van der Waals surface area contributed by atoms with Crippen LogP contribution in [0.2, 0.25) is 0 Å². The Morgan fingerprint density at radius 1 is 1.23 bits per heavy atom. The molecule has 31 heavy (non-hydrogen) atoms. The van der Waals surface area contributed by atoms with Crippen LogP contribution >= 0.6 is 11.3 Å². The highest BCUT2D eigenvalue weighted by molar-refractivity contribution is 7.10. The van der Waals surface area contributed by atoms with Gasteiger partial charge < -0.3 is 29.0 Å². The van der Waals surface area contributed by atoms with Gasteiger partial charge in [-0.15, -0.1) is 11.3 Å². The molecule has 3 rings (SSSR count). The number of ether oxygens (including phenoxy) is 3. The lowest BCUT2D eigenvalue weighted by atomic mass is 9.97. The van der Waals surface area contributed by atoms with Gasteiger partial charge in [0.15, 0.2) is 5.82 Å². The minimum atomic E-state index is -0.313. The van der Waals surface area contributed by atoms with Crippen LogP contribution in [0.15, 0.2) is 16.0 Å². The number of likely N-dealkylation sites (tertiary alicyclic amines) is 1. The second-order valence-electron chi connectivity index (χ2n) is 7.16. The van der Waals surface area contributed by atoms with Crippen molar-refractivity contribution in [1.82, 2.24) is 15.0 Å². The van der Waals surface area contributed by atoms with Gasteiger partial charge in [-0.2, -0.15) is 0 Å². The zero-order chi connectivity index (χ0) is 22.1. The van der Waals surface area contributed by atoms with E-state index < -0.39 is 0 Å². The summed E-state index contributed by atoms with van der Waals surface area (Å²) in [5.41, 5.74) is 0.361. The van der Waals surface area contributed by atoms with Crippen molar-refractivity contribution in [2.45, 2.75) is 25.7 Å². The summed E-state index contributed by atoms with van der Waals surface area (Å²) in [6.45, 7) is 4.99. The topological polar surface area (TPSA) is 116 Å². The number of carbonyl (C=O) groups is 2. The largest absolute Gasteiger partial charge is 0.382 e. The summed E-state index contributed by atoms with van der Waals surface area (Å²) >= 11 is 1.47. The van der Waals surface area contributed by atoms with Gasteiger partial charge in [0.25, 0.3) is 5.91 Å². The van der Waals surface area contributed by atoms with Gasteiger partial charge in [0.2, 0.25) is 5.91 Å². The van der Waals surface area contributed by atoms with Gasteiger partial charge in [-0.3, -0.25) is 9.59 Å². The number of anilines is 1. The number of methoxy groups -OCH3 is 1. The molecule has 170 valence electrons. The zero-order valence-corrected chi connectivity index (χ0v) is 18.6. The molecule has 1 saturated heterocycles. The van der Waals surface area contributed by atoms with Gasteiger partial charge in [-0.05, 0) is 19.8 Å². The molecular formula is C20H28N4O6S. The third-order valence-corrected chi connectivity index (χ3v) is 5.86. The van der Waals surface area contributed by atoms with Gasteiger partial charge in [-0.1, -0.05) is 5.16 Å². The normalized spacial score (nSPS) is 14.7. The molecule has 1 aliphatic heterocycles. The molecule has 0 aliphatic carbocycles. The van der Waals surface area contributed by atoms with Gasteiger partial charge in [0, 0.05) is 37.6 Å². The van der Waals surface area contributed by atoms with Crippen molar-refractivity contribution in [1.29, 1.82) is 0 Å². The van der Waals surface area contributed by atoms with Gasteiger partial charge in [0.05, 0.1) is 31.4 Å². The first-order valence-electron chi connectivity index (χ1n) is 10.2. The Labute approximate surface area is 184 Å². The van der Waals surface area contributed by atoms with Crippen molar-refractivity contribution >= 4 is 29.0 Å². The van der Waals surface area contributed by atoms with Gasteiger partial charge >= 0.3 is 0 Å². The molecule has 1 N–H and O–H groups in total. The molecule has 1 fully saturated rings. The SMILES string of the molecule is COCCOCCOCC(=O)N1CCC(c2nc(C(=O)Nc3cc(C)on3)cs2)CC1. The van der Waals surface area contributed by atoms with E-state index in [1.54, 1.807) is 25.5 Å². The van der Waals surface area contributed by atoms with Crippen LogP contribution in [0.3, 0.4) is 0 Å². The van der Waals surface area contributed by atoms with E-state index in [0.29, 0.717) is 56.8 Å². The van der Waals surface area contributed by atoms with Crippen LogP contribution in [0, 0.1) is 6.92 Å². The minimum absolute atomic E-state index is 0.0162. The second kappa shape index (κ2) is 11.9. The Kier molecular flexibility index (Phi) is 8.95. The summed E-state index contributed by atoms with van der Waals surface area (Å²) in [6, 6.07) is 1.65. The van der Waals surface area contributed by atoms with Crippen molar-refractivity contribution in [2.24, 2.45) is 0 Å². The number of aryl methyl sites for hydroxylation is 1. The quantitative estimate of drug-likeness (QED) is 0.515. The first-order chi connectivity index (χ1) is 15.1. The molecule has 2 aromatic rings. The molecule has 10 nitrogen and oxygen atoms in total. The predicted octanol–water partition coefficient (Wildman–Crippen LogP) is 2.08. The van der Waals surface area contributed by atoms with Crippen LogP contribution in [0.1, 0.15) is 40.0 Å². The first kappa shape index (κ1) is 23.3. The van der Waals surface area contributed by atoms with Crippen molar-refractivity contribution < 1.29 is 28.3 Å². The lowest BCUT2D eigenvalue weighted by Gasteiger charge is -2.31. The highest BCUT2D eigenvalue weighted by Crippen LogP contribution is 2.30. The van der Waals surface area contributed by atoms with E-state index >= 15 is 0 Å². The van der Waals surface area contributed by atoms with E-state index in [-0.39, 0.29) is 24.3 Å².